The fourth-order valence-electron chi connectivity index (χ4n) is 1.08. The van der Waals surface area contributed by atoms with Gasteiger partial charge >= 0.3 is 5.97 Å². The maximum Gasteiger partial charge on any atom is 0.337 e. The van der Waals surface area contributed by atoms with Gasteiger partial charge < -0.3 is 5.11 Å². The summed E-state index contributed by atoms with van der Waals surface area (Å²) < 4.78 is 1.60. The Hall–Kier alpha value is -0.940. The molecule has 2 aromatic rings. The molecule has 0 aliphatic heterocycles. The lowest BCUT2D eigenvalue weighted by Crippen LogP contribution is -1.95. The van der Waals surface area contributed by atoms with Crippen LogP contribution in [-0.2, 0) is 0 Å². The lowest BCUT2D eigenvalue weighted by molar-refractivity contribution is 0.0699. The smallest absolute Gasteiger partial charge is 0.337 e. The number of thiophene rings is 1. The number of carbonyl (C=O) groups is 1. The third-order valence-corrected chi connectivity index (χ3v) is 3.27. The average molecular weight is 258 g/mol. The van der Waals surface area contributed by atoms with Gasteiger partial charge in [0, 0.05) is 6.20 Å². The van der Waals surface area contributed by atoms with Gasteiger partial charge in [0.25, 0.3) is 0 Å². The Kier molecular flexibility index (Phi) is 2.05. The monoisotopic (exact) mass is 257 g/mol. The number of pyridine rings is 1. The second-order valence-corrected chi connectivity index (χ2v) is 4.86. The van der Waals surface area contributed by atoms with Gasteiger partial charge in [-0.3, -0.25) is 4.98 Å². The number of hydrogen-bond acceptors (Lipinski definition) is 3. The van der Waals surface area contributed by atoms with E-state index in [0.717, 1.165) is 9.30 Å². The Labute approximate surface area is 86.2 Å². The van der Waals surface area contributed by atoms with Gasteiger partial charge in [0.05, 0.1) is 19.6 Å². The zero-order chi connectivity index (χ0) is 9.42. The minimum absolute atomic E-state index is 0.306. The minimum atomic E-state index is -0.915. The largest absolute Gasteiger partial charge is 0.478 e. The summed E-state index contributed by atoms with van der Waals surface area (Å²) in [5.41, 5.74) is 1.03. The Morgan fingerprint density at radius 1 is 1.62 bits per heavy atom. The number of aromatic carboxylic acids is 1. The molecule has 2 heterocycles. The van der Waals surface area contributed by atoms with Crippen molar-refractivity contribution in [2.45, 2.75) is 0 Å². The van der Waals surface area contributed by atoms with E-state index in [-0.39, 0.29) is 0 Å². The van der Waals surface area contributed by atoms with Crippen LogP contribution in [-0.4, -0.2) is 16.1 Å². The lowest BCUT2D eigenvalue weighted by atomic mass is 10.2. The molecule has 1 N–H and O–H groups in total. The van der Waals surface area contributed by atoms with Crippen LogP contribution >= 0.6 is 27.3 Å². The third-order valence-electron chi connectivity index (χ3n) is 1.61. The number of fused-ring (bicyclic) bond motifs is 1. The summed E-state index contributed by atoms with van der Waals surface area (Å²) in [6.07, 6.45) is 1.50. The van der Waals surface area contributed by atoms with E-state index in [9.17, 15) is 4.79 Å². The Balaban J connectivity index is 2.82. The third kappa shape index (κ3) is 1.45. The van der Waals surface area contributed by atoms with Crippen LogP contribution in [0.25, 0.3) is 10.2 Å². The first-order valence-corrected chi connectivity index (χ1v) is 5.07. The fraction of sp³-hybridized carbons (Fsp3) is 0. The van der Waals surface area contributed by atoms with Gasteiger partial charge in [-0.1, -0.05) is 0 Å². The van der Waals surface area contributed by atoms with Crippen LogP contribution in [0.1, 0.15) is 10.4 Å². The quantitative estimate of drug-likeness (QED) is 0.855. The van der Waals surface area contributed by atoms with Crippen molar-refractivity contribution < 1.29 is 9.90 Å². The maximum atomic E-state index is 10.8. The Morgan fingerprint density at radius 2 is 2.38 bits per heavy atom. The first-order chi connectivity index (χ1) is 6.18. The van der Waals surface area contributed by atoms with Gasteiger partial charge in [0.2, 0.25) is 0 Å². The lowest BCUT2D eigenvalue weighted by Gasteiger charge is -1.93. The van der Waals surface area contributed by atoms with Crippen molar-refractivity contribution in [3.05, 3.63) is 27.7 Å². The van der Waals surface area contributed by atoms with Gasteiger partial charge in [-0.15, -0.1) is 11.3 Å². The zero-order valence-corrected chi connectivity index (χ0v) is 8.72. The number of nitrogens with zero attached hydrogens (tertiary/aromatic N) is 1. The van der Waals surface area contributed by atoms with E-state index in [0.29, 0.717) is 10.3 Å². The van der Waals surface area contributed by atoms with Crippen LogP contribution < -0.4 is 0 Å². The summed E-state index contributed by atoms with van der Waals surface area (Å²) in [6.45, 7) is 0. The molecule has 0 radical (unpaired) electrons. The van der Waals surface area contributed by atoms with Gasteiger partial charge in [-0.2, -0.15) is 0 Å². The first-order valence-electron chi connectivity index (χ1n) is 3.46. The van der Waals surface area contributed by atoms with Crippen molar-refractivity contribution in [2.75, 3.05) is 0 Å². The SMILES string of the molecule is O=C(O)c1ccnc2cc(Br)sc12. The van der Waals surface area contributed by atoms with E-state index < -0.39 is 5.97 Å². The number of halogens is 1. The van der Waals surface area contributed by atoms with Gasteiger partial charge in [0.15, 0.2) is 0 Å². The number of rotatable bonds is 1. The highest BCUT2D eigenvalue weighted by atomic mass is 79.9. The highest BCUT2D eigenvalue weighted by Gasteiger charge is 2.10. The summed E-state index contributed by atoms with van der Waals surface area (Å²) in [5, 5.41) is 8.86. The van der Waals surface area contributed by atoms with Crippen LogP contribution in [0, 0.1) is 0 Å². The van der Waals surface area contributed by atoms with Gasteiger partial charge in [0.1, 0.15) is 0 Å². The van der Waals surface area contributed by atoms with E-state index in [1.54, 1.807) is 0 Å². The predicted molar refractivity (Wildman–Crippen MR) is 54.3 cm³/mol. The van der Waals surface area contributed by atoms with Crippen molar-refractivity contribution in [3.8, 4) is 0 Å². The number of carboxylic acid groups (broad SMARTS) is 1. The standard InChI is InChI=1S/C8H4BrNO2S/c9-6-3-5-7(13-6)4(8(11)12)1-2-10-5/h1-3H,(H,11,12). The molecule has 0 unspecified atom stereocenters. The Morgan fingerprint density at radius 3 is 3.08 bits per heavy atom. The molecule has 0 amide bonds. The molecule has 0 aromatic carbocycles. The van der Waals surface area contributed by atoms with Crippen molar-refractivity contribution in [2.24, 2.45) is 0 Å². The summed E-state index contributed by atoms with van der Waals surface area (Å²) >= 11 is 4.67. The number of aromatic nitrogens is 1. The highest BCUT2D eigenvalue weighted by molar-refractivity contribution is 9.11. The maximum absolute atomic E-state index is 10.8. The van der Waals surface area contributed by atoms with Crippen molar-refractivity contribution in [1.29, 1.82) is 0 Å². The molecular formula is C8H4BrNO2S. The van der Waals surface area contributed by atoms with Crippen LogP contribution in [0.15, 0.2) is 22.1 Å². The van der Waals surface area contributed by atoms with Crippen molar-refractivity contribution >= 4 is 43.5 Å². The van der Waals surface area contributed by atoms with E-state index in [1.807, 2.05) is 6.07 Å². The molecule has 0 atom stereocenters. The summed E-state index contributed by atoms with van der Waals surface area (Å²) in [5.74, 6) is -0.915. The van der Waals surface area contributed by atoms with Crippen molar-refractivity contribution in [3.63, 3.8) is 0 Å². The highest BCUT2D eigenvalue weighted by Crippen LogP contribution is 2.30. The molecular weight excluding hydrogens is 254 g/mol. The van der Waals surface area contributed by atoms with E-state index in [4.69, 9.17) is 5.11 Å². The van der Waals surface area contributed by atoms with E-state index >= 15 is 0 Å². The molecule has 0 saturated carbocycles. The van der Waals surface area contributed by atoms with E-state index in [2.05, 4.69) is 20.9 Å². The Bertz CT molecular complexity index is 480. The molecule has 0 aliphatic rings. The average Bonchev–Trinajstić information content (AvgIpc) is 2.43. The minimum Gasteiger partial charge on any atom is -0.478 e. The second-order valence-electron chi connectivity index (χ2n) is 2.43. The normalized spacial score (nSPS) is 10.5. The second kappa shape index (κ2) is 3.08. The van der Waals surface area contributed by atoms with Crippen LogP contribution in [0.2, 0.25) is 0 Å². The summed E-state index contributed by atoms with van der Waals surface area (Å²) in [6, 6.07) is 3.32. The van der Waals surface area contributed by atoms with Crippen LogP contribution in [0.4, 0.5) is 0 Å². The fourth-order valence-corrected chi connectivity index (χ4v) is 2.63. The molecule has 2 aromatic heterocycles. The van der Waals surface area contributed by atoms with Crippen LogP contribution in [0.5, 0.6) is 0 Å². The molecule has 3 nitrogen and oxygen atoms in total. The molecule has 5 heteroatoms. The van der Waals surface area contributed by atoms with Gasteiger partial charge in [-0.25, -0.2) is 4.79 Å². The summed E-state index contributed by atoms with van der Waals surface area (Å²) in [4.78, 5) is 14.8. The molecule has 13 heavy (non-hydrogen) atoms. The predicted octanol–water partition coefficient (Wildman–Crippen LogP) is 2.76. The molecule has 66 valence electrons. The molecule has 0 fully saturated rings. The van der Waals surface area contributed by atoms with E-state index in [1.165, 1.54) is 23.6 Å². The molecule has 0 spiro atoms. The number of hydrogen-bond donors (Lipinski definition) is 1. The molecule has 0 saturated heterocycles. The molecule has 0 bridgehead atoms. The summed E-state index contributed by atoms with van der Waals surface area (Å²) in [7, 11) is 0. The van der Waals surface area contributed by atoms with Crippen LogP contribution in [0.3, 0.4) is 0 Å². The first kappa shape index (κ1) is 8.65. The topological polar surface area (TPSA) is 50.2 Å². The zero-order valence-electron chi connectivity index (χ0n) is 6.32. The van der Waals surface area contributed by atoms with Crippen molar-refractivity contribution in [1.82, 2.24) is 4.98 Å². The van der Waals surface area contributed by atoms with Gasteiger partial charge in [-0.05, 0) is 28.1 Å². The molecule has 2 rings (SSSR count). The number of carboxylic acids is 1. The molecule has 0 aliphatic carbocycles.